The molecule has 4 nitrogen and oxygen atoms in total. The number of rotatable bonds is 7. The van der Waals surface area contributed by atoms with Crippen molar-refractivity contribution >= 4 is 55.5 Å². The van der Waals surface area contributed by atoms with Gasteiger partial charge in [-0.25, -0.2) is 8.42 Å². The van der Waals surface area contributed by atoms with Crippen LogP contribution in [0.4, 0.5) is 5.69 Å². The zero-order valence-corrected chi connectivity index (χ0v) is 19.2. The van der Waals surface area contributed by atoms with Gasteiger partial charge >= 0.3 is 0 Å². The summed E-state index contributed by atoms with van der Waals surface area (Å²) in [5.41, 5.74) is 2.02. The number of anilines is 1. The molecule has 7 heteroatoms. The third-order valence-corrected chi connectivity index (χ3v) is 6.88. The van der Waals surface area contributed by atoms with E-state index in [4.69, 9.17) is 23.2 Å². The van der Waals surface area contributed by atoms with E-state index < -0.39 is 10.0 Å². The lowest BCUT2D eigenvalue weighted by Gasteiger charge is -2.13. The molecule has 0 saturated carbocycles. The molecular weight excluding hydrogens is 465 g/mol. The number of sulfonamides is 1. The largest absolute Gasteiger partial charge is 0.294 e. The van der Waals surface area contributed by atoms with Crippen LogP contribution in [0, 0.1) is 0 Å². The summed E-state index contributed by atoms with van der Waals surface area (Å²) in [6, 6.07) is 24.5. The highest BCUT2D eigenvalue weighted by atomic mass is 35.5. The molecule has 0 aromatic heterocycles. The van der Waals surface area contributed by atoms with Crippen molar-refractivity contribution in [3.05, 3.63) is 106 Å². The highest BCUT2D eigenvalue weighted by molar-refractivity contribution is 7.92. The molecule has 1 N–H and O–H groups in total. The van der Waals surface area contributed by atoms with E-state index in [1.54, 1.807) is 30.3 Å². The third-order valence-electron chi connectivity index (χ3n) is 5.10. The molecule has 162 valence electrons. The van der Waals surface area contributed by atoms with Crippen molar-refractivity contribution in [3.63, 3.8) is 0 Å². The summed E-state index contributed by atoms with van der Waals surface area (Å²) in [7, 11) is -3.93. The fourth-order valence-corrected chi connectivity index (χ4v) is 5.37. The Morgan fingerprint density at radius 2 is 1.44 bits per heavy atom. The molecule has 4 aromatic rings. The Labute approximate surface area is 196 Å². The zero-order chi connectivity index (χ0) is 22.7. The number of carbonyl (C=O) groups is 1. The van der Waals surface area contributed by atoms with Crippen LogP contribution in [0.5, 0.6) is 0 Å². The SMILES string of the molecule is O=C(CCc1ccccc1)c1cccc2c(NS(=O)(=O)c3cc(Cl)cc(Cl)c3)cccc12. The molecule has 32 heavy (non-hydrogen) atoms. The molecule has 0 radical (unpaired) electrons. The zero-order valence-electron chi connectivity index (χ0n) is 16.9. The molecule has 0 amide bonds. The first-order chi connectivity index (χ1) is 15.3. The molecule has 0 aliphatic rings. The third kappa shape index (κ3) is 4.96. The molecule has 0 atom stereocenters. The molecule has 0 unspecified atom stereocenters. The van der Waals surface area contributed by atoms with E-state index >= 15 is 0 Å². The number of hydrogen-bond acceptors (Lipinski definition) is 3. The summed E-state index contributed by atoms with van der Waals surface area (Å²) in [5.74, 6) is 0.00100. The summed E-state index contributed by atoms with van der Waals surface area (Å²) in [5, 5.41) is 1.77. The summed E-state index contributed by atoms with van der Waals surface area (Å²) in [6.45, 7) is 0. The number of Topliss-reactive ketones (excluding diaryl/α,β-unsaturated/α-hetero) is 1. The molecule has 4 rings (SSSR count). The predicted molar refractivity (Wildman–Crippen MR) is 130 cm³/mol. The Morgan fingerprint density at radius 1 is 0.781 bits per heavy atom. The Morgan fingerprint density at radius 3 is 2.16 bits per heavy atom. The smallest absolute Gasteiger partial charge is 0.262 e. The van der Waals surface area contributed by atoms with Gasteiger partial charge in [-0.1, -0.05) is 83.9 Å². The van der Waals surface area contributed by atoms with Crippen LogP contribution < -0.4 is 4.72 Å². The van der Waals surface area contributed by atoms with Crippen molar-refractivity contribution in [2.45, 2.75) is 17.7 Å². The summed E-state index contributed by atoms with van der Waals surface area (Å²) in [4.78, 5) is 12.9. The van der Waals surface area contributed by atoms with Crippen LogP contribution in [0.2, 0.25) is 10.0 Å². The summed E-state index contributed by atoms with van der Waals surface area (Å²) >= 11 is 11.9. The second-order valence-electron chi connectivity index (χ2n) is 7.33. The predicted octanol–water partition coefficient (Wildman–Crippen LogP) is 6.76. The molecule has 0 fully saturated rings. The second-order valence-corrected chi connectivity index (χ2v) is 9.88. The van der Waals surface area contributed by atoms with Gasteiger partial charge in [-0.2, -0.15) is 0 Å². The van der Waals surface area contributed by atoms with Gasteiger partial charge in [0.05, 0.1) is 10.6 Å². The fourth-order valence-electron chi connectivity index (χ4n) is 3.57. The molecule has 0 aliphatic carbocycles. The molecule has 0 aliphatic heterocycles. The van der Waals surface area contributed by atoms with Gasteiger partial charge in [0.25, 0.3) is 10.0 Å². The van der Waals surface area contributed by atoms with Crippen LogP contribution in [0.15, 0.2) is 89.8 Å². The van der Waals surface area contributed by atoms with E-state index in [1.807, 2.05) is 36.4 Å². The van der Waals surface area contributed by atoms with Gasteiger partial charge < -0.3 is 0 Å². The van der Waals surface area contributed by atoms with Crippen molar-refractivity contribution in [1.29, 1.82) is 0 Å². The highest BCUT2D eigenvalue weighted by Gasteiger charge is 2.18. The Kier molecular flexibility index (Phi) is 6.51. The first-order valence-corrected chi connectivity index (χ1v) is 12.2. The Bertz CT molecular complexity index is 1380. The van der Waals surface area contributed by atoms with E-state index in [0.717, 1.165) is 5.56 Å². The van der Waals surface area contributed by atoms with Crippen molar-refractivity contribution in [1.82, 2.24) is 0 Å². The van der Waals surface area contributed by atoms with Crippen LogP contribution >= 0.6 is 23.2 Å². The lowest BCUT2D eigenvalue weighted by atomic mass is 9.97. The second kappa shape index (κ2) is 9.33. The minimum Gasteiger partial charge on any atom is -0.294 e. The lowest BCUT2D eigenvalue weighted by molar-refractivity contribution is 0.0984. The van der Waals surface area contributed by atoms with Crippen LogP contribution in [0.1, 0.15) is 22.3 Å². The standard InChI is InChI=1S/C25H19Cl2NO3S/c26-18-14-19(27)16-20(15-18)32(30,31)28-24-11-5-8-21-22(24)9-4-10-23(21)25(29)13-12-17-6-2-1-3-7-17/h1-11,14-16,28H,12-13H2. The van der Waals surface area contributed by atoms with E-state index in [-0.39, 0.29) is 20.7 Å². The lowest BCUT2D eigenvalue weighted by Crippen LogP contribution is -2.13. The first-order valence-electron chi connectivity index (χ1n) is 9.91. The number of hydrogen-bond donors (Lipinski definition) is 1. The van der Waals surface area contributed by atoms with Gasteiger partial charge in [-0.15, -0.1) is 0 Å². The van der Waals surface area contributed by atoms with Crippen molar-refractivity contribution in [2.24, 2.45) is 0 Å². The number of fused-ring (bicyclic) bond motifs is 1. The van der Waals surface area contributed by atoms with Gasteiger partial charge in [-0.3, -0.25) is 9.52 Å². The van der Waals surface area contributed by atoms with Gasteiger partial charge in [0.15, 0.2) is 5.78 Å². The van der Waals surface area contributed by atoms with Crippen molar-refractivity contribution < 1.29 is 13.2 Å². The minimum atomic E-state index is -3.93. The molecule has 0 heterocycles. The number of ketones is 1. The van der Waals surface area contributed by atoms with Gasteiger partial charge in [0.2, 0.25) is 0 Å². The Hall–Kier alpha value is -2.86. The van der Waals surface area contributed by atoms with Crippen molar-refractivity contribution in [2.75, 3.05) is 4.72 Å². The normalized spacial score (nSPS) is 11.4. The van der Waals surface area contributed by atoms with Gasteiger partial charge in [0.1, 0.15) is 0 Å². The van der Waals surface area contributed by atoms with Crippen LogP contribution in [0.3, 0.4) is 0 Å². The number of benzene rings is 4. The highest BCUT2D eigenvalue weighted by Crippen LogP contribution is 2.30. The molecular formula is C25H19Cl2NO3S. The topological polar surface area (TPSA) is 63.2 Å². The maximum absolute atomic E-state index is 13.0. The maximum Gasteiger partial charge on any atom is 0.262 e. The van der Waals surface area contributed by atoms with E-state index in [9.17, 15) is 13.2 Å². The molecule has 4 aromatic carbocycles. The average Bonchev–Trinajstić information content (AvgIpc) is 2.77. The van der Waals surface area contributed by atoms with E-state index in [0.29, 0.717) is 34.9 Å². The number of halogens is 2. The molecule has 0 saturated heterocycles. The number of nitrogens with one attached hydrogen (secondary N) is 1. The van der Waals surface area contributed by atoms with E-state index in [2.05, 4.69) is 4.72 Å². The Balaban J connectivity index is 1.65. The van der Waals surface area contributed by atoms with E-state index in [1.165, 1.54) is 18.2 Å². The number of aryl methyl sites for hydroxylation is 1. The maximum atomic E-state index is 13.0. The summed E-state index contributed by atoms with van der Waals surface area (Å²) < 4.78 is 28.5. The van der Waals surface area contributed by atoms with Gasteiger partial charge in [0, 0.05) is 27.4 Å². The van der Waals surface area contributed by atoms with Crippen LogP contribution in [0.25, 0.3) is 10.8 Å². The van der Waals surface area contributed by atoms with Gasteiger partial charge in [-0.05, 0) is 41.6 Å². The average molecular weight is 484 g/mol. The fraction of sp³-hybridized carbons (Fsp3) is 0.0800. The monoisotopic (exact) mass is 483 g/mol. The quantitative estimate of drug-likeness (QED) is 0.295. The first kappa shape index (κ1) is 22.3. The number of carbonyl (C=O) groups excluding carboxylic acids is 1. The molecule has 0 spiro atoms. The minimum absolute atomic E-state index is 0.00100. The van der Waals surface area contributed by atoms with Crippen LogP contribution in [-0.4, -0.2) is 14.2 Å². The summed E-state index contributed by atoms with van der Waals surface area (Å²) in [6.07, 6.45) is 0.998. The van der Waals surface area contributed by atoms with Crippen LogP contribution in [-0.2, 0) is 16.4 Å². The molecule has 0 bridgehead atoms. The van der Waals surface area contributed by atoms with Crippen molar-refractivity contribution in [3.8, 4) is 0 Å².